The van der Waals surface area contributed by atoms with E-state index in [9.17, 15) is 0 Å². The summed E-state index contributed by atoms with van der Waals surface area (Å²) in [5.41, 5.74) is 6.73. The number of allylic oxidation sites excluding steroid dienone is 1. The van der Waals surface area contributed by atoms with Gasteiger partial charge in [-0.15, -0.1) is 0 Å². The molecular weight excluding hydrogens is 302 g/mol. The lowest BCUT2D eigenvalue weighted by Gasteiger charge is -2.32. The minimum Gasteiger partial charge on any atom is -0.310 e. The first-order chi connectivity index (χ1) is 12.3. The minimum atomic E-state index is 0.972. The zero-order valence-corrected chi connectivity index (χ0v) is 14.0. The minimum absolute atomic E-state index is 0.972. The van der Waals surface area contributed by atoms with Gasteiger partial charge in [0.1, 0.15) is 0 Å². The fourth-order valence-electron chi connectivity index (χ4n) is 3.11. The second kappa shape index (κ2) is 6.66. The molecule has 3 aromatic rings. The van der Waals surface area contributed by atoms with Gasteiger partial charge in [-0.3, -0.25) is 0 Å². The van der Waals surface area contributed by atoms with E-state index in [1.165, 1.54) is 11.1 Å². The first kappa shape index (κ1) is 15.2. The van der Waals surface area contributed by atoms with Crippen LogP contribution in [0.1, 0.15) is 16.7 Å². The van der Waals surface area contributed by atoms with E-state index in [4.69, 9.17) is 0 Å². The van der Waals surface area contributed by atoms with Crippen molar-refractivity contribution < 1.29 is 0 Å². The number of benzene rings is 3. The number of rotatable bonds is 3. The summed E-state index contributed by atoms with van der Waals surface area (Å²) in [6.07, 6.45) is 6.52. The smallest absolute Gasteiger partial charge is 0.0534 e. The molecule has 0 aromatic heterocycles. The van der Waals surface area contributed by atoms with Crippen LogP contribution in [0.3, 0.4) is 0 Å². The van der Waals surface area contributed by atoms with E-state index in [1.54, 1.807) is 0 Å². The van der Waals surface area contributed by atoms with Crippen molar-refractivity contribution in [2.45, 2.75) is 0 Å². The van der Waals surface area contributed by atoms with E-state index in [1.807, 2.05) is 24.3 Å². The molecule has 25 heavy (non-hydrogen) atoms. The van der Waals surface area contributed by atoms with Crippen molar-refractivity contribution in [2.24, 2.45) is 0 Å². The van der Waals surface area contributed by atoms with Crippen LogP contribution in [0.4, 0.5) is 5.69 Å². The monoisotopic (exact) mass is 321 g/mol. The van der Waals surface area contributed by atoms with Crippen molar-refractivity contribution in [3.05, 3.63) is 120 Å². The van der Waals surface area contributed by atoms with E-state index in [2.05, 4.69) is 90.4 Å². The maximum atomic E-state index is 4.39. The first-order valence-electron chi connectivity index (χ1n) is 8.41. The summed E-state index contributed by atoms with van der Waals surface area (Å²) in [5.74, 6) is 0. The highest BCUT2D eigenvalue weighted by molar-refractivity contribution is 5.91. The van der Waals surface area contributed by atoms with E-state index >= 15 is 0 Å². The van der Waals surface area contributed by atoms with Crippen LogP contribution in [-0.2, 0) is 0 Å². The van der Waals surface area contributed by atoms with Gasteiger partial charge in [0, 0.05) is 11.4 Å². The average molecular weight is 321 g/mol. The van der Waals surface area contributed by atoms with E-state index in [-0.39, 0.29) is 0 Å². The highest BCUT2D eigenvalue weighted by Crippen LogP contribution is 2.37. The normalized spacial score (nSPS) is 14.4. The van der Waals surface area contributed by atoms with Crippen molar-refractivity contribution in [3.63, 3.8) is 0 Å². The SMILES string of the molecule is C=C(c1ccccc1)N1/C(=C/c2ccccc2)C=Cc2ccccc21. The Balaban J connectivity index is 1.84. The number of para-hydroxylation sites is 1. The van der Waals surface area contributed by atoms with E-state index < -0.39 is 0 Å². The number of anilines is 1. The molecule has 0 atom stereocenters. The summed E-state index contributed by atoms with van der Waals surface area (Å²) < 4.78 is 0. The standard InChI is InChI=1S/C24H19N/c1-19(21-12-6-3-7-13-21)25-23(18-20-10-4-2-5-11-20)17-16-22-14-8-9-15-24(22)25/h2-18H,1H2/b23-18+. The lowest BCUT2D eigenvalue weighted by molar-refractivity contribution is 1.22. The number of fused-ring (bicyclic) bond motifs is 1. The topological polar surface area (TPSA) is 3.24 Å². The Morgan fingerprint density at radius 1 is 0.720 bits per heavy atom. The predicted molar refractivity (Wildman–Crippen MR) is 108 cm³/mol. The van der Waals surface area contributed by atoms with Crippen LogP contribution < -0.4 is 4.90 Å². The van der Waals surface area contributed by atoms with Crippen LogP contribution in [0, 0.1) is 0 Å². The lowest BCUT2D eigenvalue weighted by Crippen LogP contribution is -2.22. The molecule has 0 radical (unpaired) electrons. The van der Waals surface area contributed by atoms with Crippen LogP contribution in [0.25, 0.3) is 17.8 Å². The second-order valence-corrected chi connectivity index (χ2v) is 6.02. The molecule has 0 saturated carbocycles. The van der Waals surface area contributed by atoms with E-state index in [0.29, 0.717) is 0 Å². The van der Waals surface area contributed by atoms with Gasteiger partial charge in [0.25, 0.3) is 0 Å². The average Bonchev–Trinajstić information content (AvgIpc) is 2.69. The van der Waals surface area contributed by atoms with Gasteiger partial charge in [0.2, 0.25) is 0 Å². The third-order valence-electron chi connectivity index (χ3n) is 4.36. The zero-order valence-electron chi connectivity index (χ0n) is 14.0. The highest BCUT2D eigenvalue weighted by Gasteiger charge is 2.20. The molecule has 1 aliphatic heterocycles. The van der Waals surface area contributed by atoms with Crippen LogP contribution in [-0.4, -0.2) is 0 Å². The van der Waals surface area contributed by atoms with Gasteiger partial charge in [-0.2, -0.15) is 0 Å². The Labute approximate surface area is 148 Å². The maximum Gasteiger partial charge on any atom is 0.0534 e. The van der Waals surface area contributed by atoms with Gasteiger partial charge in [0.15, 0.2) is 0 Å². The summed E-state index contributed by atoms with van der Waals surface area (Å²) in [5, 5.41) is 0. The maximum absolute atomic E-state index is 4.39. The lowest BCUT2D eigenvalue weighted by atomic mass is 10.0. The van der Waals surface area contributed by atoms with Crippen molar-refractivity contribution in [1.29, 1.82) is 0 Å². The van der Waals surface area contributed by atoms with Gasteiger partial charge in [-0.1, -0.05) is 91.5 Å². The van der Waals surface area contributed by atoms with Crippen LogP contribution in [0.5, 0.6) is 0 Å². The first-order valence-corrected chi connectivity index (χ1v) is 8.41. The summed E-state index contributed by atoms with van der Waals surface area (Å²) in [6, 6.07) is 29.1. The Morgan fingerprint density at radius 3 is 2.12 bits per heavy atom. The number of hydrogen-bond acceptors (Lipinski definition) is 1. The quantitative estimate of drug-likeness (QED) is 0.552. The Bertz CT molecular complexity index is 950. The van der Waals surface area contributed by atoms with Gasteiger partial charge in [0.05, 0.1) is 5.69 Å². The molecule has 0 saturated heterocycles. The molecule has 1 aliphatic rings. The Hall–Kier alpha value is -3.32. The fourth-order valence-corrected chi connectivity index (χ4v) is 3.11. The second-order valence-electron chi connectivity index (χ2n) is 6.02. The molecule has 0 aliphatic carbocycles. The molecule has 4 rings (SSSR count). The van der Waals surface area contributed by atoms with Gasteiger partial charge < -0.3 is 4.90 Å². The largest absolute Gasteiger partial charge is 0.310 e. The highest BCUT2D eigenvalue weighted by atomic mass is 15.2. The summed E-state index contributed by atoms with van der Waals surface area (Å²) >= 11 is 0. The molecule has 0 N–H and O–H groups in total. The summed E-state index contributed by atoms with van der Waals surface area (Å²) in [4.78, 5) is 2.23. The zero-order chi connectivity index (χ0) is 17.1. The summed E-state index contributed by atoms with van der Waals surface area (Å²) in [7, 11) is 0. The third kappa shape index (κ3) is 3.05. The summed E-state index contributed by atoms with van der Waals surface area (Å²) in [6.45, 7) is 4.39. The molecule has 0 bridgehead atoms. The molecule has 0 spiro atoms. The van der Waals surface area contributed by atoms with Gasteiger partial charge in [-0.25, -0.2) is 0 Å². The Kier molecular flexibility index (Phi) is 4.05. The Morgan fingerprint density at radius 2 is 1.36 bits per heavy atom. The van der Waals surface area contributed by atoms with Crippen molar-refractivity contribution in [1.82, 2.24) is 0 Å². The van der Waals surface area contributed by atoms with Crippen LogP contribution in [0.15, 0.2) is 103 Å². The molecular formula is C24H19N. The molecule has 1 nitrogen and oxygen atoms in total. The molecule has 120 valence electrons. The molecule has 1 heteroatoms. The van der Waals surface area contributed by atoms with Crippen molar-refractivity contribution >= 4 is 23.5 Å². The predicted octanol–water partition coefficient (Wildman–Crippen LogP) is 6.23. The van der Waals surface area contributed by atoms with Crippen LogP contribution in [0.2, 0.25) is 0 Å². The van der Waals surface area contributed by atoms with E-state index in [0.717, 1.165) is 22.6 Å². The molecule has 1 heterocycles. The van der Waals surface area contributed by atoms with Crippen molar-refractivity contribution in [3.8, 4) is 0 Å². The third-order valence-corrected chi connectivity index (χ3v) is 4.36. The van der Waals surface area contributed by atoms with Gasteiger partial charge >= 0.3 is 0 Å². The molecule has 3 aromatic carbocycles. The molecule has 0 fully saturated rings. The molecule has 0 amide bonds. The number of hydrogen-bond donors (Lipinski definition) is 0. The van der Waals surface area contributed by atoms with Crippen LogP contribution >= 0.6 is 0 Å². The van der Waals surface area contributed by atoms with Crippen molar-refractivity contribution in [2.75, 3.05) is 4.90 Å². The van der Waals surface area contributed by atoms with Gasteiger partial charge in [-0.05, 0) is 34.9 Å². The fraction of sp³-hybridized carbons (Fsp3) is 0. The number of nitrogens with zero attached hydrogens (tertiary/aromatic N) is 1. The molecule has 0 unspecified atom stereocenters.